The molecule has 0 rings (SSSR count). The van der Waals surface area contributed by atoms with Gasteiger partial charge in [-0.15, -0.1) is 0 Å². The van der Waals surface area contributed by atoms with E-state index in [4.69, 9.17) is 0 Å². The molecular weight excluding hydrogens is 106 g/mol. The first-order valence-corrected chi connectivity index (χ1v) is 2.36. The van der Waals surface area contributed by atoms with Gasteiger partial charge in [0.1, 0.15) is 0 Å². The second-order valence-corrected chi connectivity index (χ2v) is 1.23. The van der Waals surface area contributed by atoms with E-state index in [9.17, 15) is 4.79 Å². The van der Waals surface area contributed by atoms with E-state index >= 15 is 0 Å². The van der Waals surface area contributed by atoms with Gasteiger partial charge in [0.05, 0.1) is 6.54 Å². The number of hydrogen-bond acceptors (Lipinski definition) is 3. The molecule has 0 saturated heterocycles. The zero-order valence-electron chi connectivity index (χ0n) is 5.03. The Bertz CT molecular complexity index is 91.3. The lowest BCUT2D eigenvalue weighted by Gasteiger charge is -1.95. The van der Waals surface area contributed by atoms with Gasteiger partial charge in [-0.25, -0.2) is 5.01 Å². The number of amides is 1. The van der Waals surface area contributed by atoms with E-state index in [1.807, 2.05) is 6.92 Å². The van der Waals surface area contributed by atoms with Gasteiger partial charge in [0.15, 0.2) is 0 Å². The summed E-state index contributed by atoms with van der Waals surface area (Å²) in [6, 6.07) is 0. The maximum atomic E-state index is 9.78. The van der Waals surface area contributed by atoms with E-state index in [2.05, 4.69) is 10.3 Å². The normalized spacial score (nSPS) is 9.75. The van der Waals surface area contributed by atoms with Crippen LogP contribution in [0.4, 0.5) is 0 Å². The summed E-state index contributed by atoms with van der Waals surface area (Å²) in [5.74, 6) is 0. The van der Waals surface area contributed by atoms with Crippen LogP contribution in [0.5, 0.6) is 0 Å². The first-order chi connectivity index (χ1) is 3.81. The molecule has 0 atom stereocenters. The predicted octanol–water partition coefficient (Wildman–Crippen LogP) is 0.462. The number of nitrogens with zero attached hydrogens (tertiary/aromatic N) is 3. The molecule has 0 aromatic heterocycles. The minimum absolute atomic E-state index is 0.596. The molecule has 0 aromatic carbocycles. The molecule has 0 aliphatic heterocycles. The molecule has 0 aliphatic rings. The Morgan fingerprint density at radius 2 is 2.38 bits per heavy atom. The van der Waals surface area contributed by atoms with Gasteiger partial charge in [-0.1, -0.05) is 5.22 Å². The van der Waals surface area contributed by atoms with Crippen LogP contribution in [-0.2, 0) is 4.79 Å². The van der Waals surface area contributed by atoms with Crippen LogP contribution in [0.2, 0.25) is 0 Å². The summed E-state index contributed by atoms with van der Waals surface area (Å²) in [6.45, 7) is 2.46. The average molecular weight is 115 g/mol. The monoisotopic (exact) mass is 115 g/mol. The molecule has 0 heterocycles. The zero-order chi connectivity index (χ0) is 6.41. The lowest BCUT2D eigenvalue weighted by molar-refractivity contribution is -0.117. The predicted molar refractivity (Wildman–Crippen MR) is 29.2 cm³/mol. The van der Waals surface area contributed by atoms with Gasteiger partial charge in [-0.2, -0.15) is 5.11 Å². The van der Waals surface area contributed by atoms with E-state index in [0.29, 0.717) is 13.0 Å². The Morgan fingerprint density at radius 1 is 1.75 bits per heavy atom. The van der Waals surface area contributed by atoms with Crippen LogP contribution in [0.3, 0.4) is 0 Å². The van der Waals surface area contributed by atoms with Crippen molar-refractivity contribution in [3.63, 3.8) is 0 Å². The van der Waals surface area contributed by atoms with Gasteiger partial charge in [0.25, 0.3) is 0 Å². The third-order valence-electron chi connectivity index (χ3n) is 0.498. The Kier molecular flexibility index (Phi) is 3.74. The molecule has 0 aliphatic carbocycles. The molecule has 4 heteroatoms. The maximum absolute atomic E-state index is 9.78. The van der Waals surface area contributed by atoms with Gasteiger partial charge >= 0.3 is 0 Å². The summed E-state index contributed by atoms with van der Waals surface area (Å²) >= 11 is 0. The second-order valence-electron chi connectivity index (χ2n) is 1.23. The SMILES string of the molecule is CCN=NN(C)C=O. The number of hydrogen-bond donors (Lipinski definition) is 0. The van der Waals surface area contributed by atoms with E-state index in [1.165, 1.54) is 7.05 Å². The van der Waals surface area contributed by atoms with Crippen molar-refractivity contribution in [2.45, 2.75) is 6.92 Å². The van der Waals surface area contributed by atoms with E-state index in [-0.39, 0.29) is 0 Å². The van der Waals surface area contributed by atoms with Crippen LogP contribution < -0.4 is 0 Å². The molecule has 0 aromatic rings. The molecule has 0 saturated carbocycles. The van der Waals surface area contributed by atoms with Crippen molar-refractivity contribution in [2.75, 3.05) is 13.6 Å². The Balaban J connectivity index is 3.35. The first-order valence-electron chi connectivity index (χ1n) is 2.36. The molecule has 8 heavy (non-hydrogen) atoms. The maximum Gasteiger partial charge on any atom is 0.230 e. The van der Waals surface area contributed by atoms with E-state index in [1.54, 1.807) is 0 Å². The quantitative estimate of drug-likeness (QED) is 0.299. The molecule has 0 fully saturated rings. The van der Waals surface area contributed by atoms with Crippen LogP contribution >= 0.6 is 0 Å². The van der Waals surface area contributed by atoms with Gasteiger partial charge in [0.2, 0.25) is 6.41 Å². The molecule has 0 bridgehead atoms. The highest BCUT2D eigenvalue weighted by atomic mass is 16.1. The third kappa shape index (κ3) is 3.27. The Morgan fingerprint density at radius 3 is 2.75 bits per heavy atom. The topological polar surface area (TPSA) is 45.0 Å². The minimum Gasteiger partial charge on any atom is -0.277 e. The van der Waals surface area contributed by atoms with Crippen molar-refractivity contribution in [1.29, 1.82) is 0 Å². The van der Waals surface area contributed by atoms with Gasteiger partial charge < -0.3 is 0 Å². The standard InChI is InChI=1S/C4H9N3O/c1-3-5-6-7(2)4-8/h4H,3H2,1-2H3. The molecule has 0 spiro atoms. The van der Waals surface area contributed by atoms with Crippen LogP contribution in [0, 0.1) is 0 Å². The second kappa shape index (κ2) is 4.23. The summed E-state index contributed by atoms with van der Waals surface area (Å²) in [6.07, 6.45) is 0.596. The fraction of sp³-hybridized carbons (Fsp3) is 0.750. The van der Waals surface area contributed by atoms with Crippen molar-refractivity contribution < 1.29 is 4.79 Å². The number of carbonyl (C=O) groups is 1. The van der Waals surface area contributed by atoms with Crippen LogP contribution in [0.25, 0.3) is 0 Å². The first kappa shape index (κ1) is 7.07. The highest BCUT2D eigenvalue weighted by Crippen LogP contribution is 1.77. The number of carbonyl (C=O) groups excluding carboxylic acids is 1. The van der Waals surface area contributed by atoms with Gasteiger partial charge in [-0.3, -0.25) is 4.79 Å². The average Bonchev–Trinajstić information content (AvgIpc) is 1.83. The molecule has 0 N–H and O–H groups in total. The van der Waals surface area contributed by atoms with Crippen molar-refractivity contribution >= 4 is 6.41 Å². The van der Waals surface area contributed by atoms with Crippen molar-refractivity contribution in [1.82, 2.24) is 5.01 Å². The molecule has 46 valence electrons. The van der Waals surface area contributed by atoms with Crippen molar-refractivity contribution in [2.24, 2.45) is 10.3 Å². The fourth-order valence-electron chi connectivity index (χ4n) is 0.184. The molecule has 4 nitrogen and oxygen atoms in total. The van der Waals surface area contributed by atoms with E-state index < -0.39 is 0 Å². The summed E-state index contributed by atoms with van der Waals surface area (Å²) in [4.78, 5) is 9.78. The highest BCUT2D eigenvalue weighted by molar-refractivity contribution is 5.45. The Hall–Kier alpha value is -0.930. The van der Waals surface area contributed by atoms with Crippen molar-refractivity contribution in [3.05, 3.63) is 0 Å². The lowest BCUT2D eigenvalue weighted by Crippen LogP contribution is -2.05. The van der Waals surface area contributed by atoms with Crippen molar-refractivity contribution in [3.8, 4) is 0 Å². The minimum atomic E-state index is 0.596. The summed E-state index contributed by atoms with van der Waals surface area (Å²) in [7, 11) is 1.53. The third-order valence-corrected chi connectivity index (χ3v) is 0.498. The van der Waals surface area contributed by atoms with Gasteiger partial charge in [0, 0.05) is 7.05 Å². The smallest absolute Gasteiger partial charge is 0.230 e. The van der Waals surface area contributed by atoms with Crippen LogP contribution in [-0.4, -0.2) is 25.0 Å². The summed E-state index contributed by atoms with van der Waals surface area (Å²) < 4.78 is 0. The number of rotatable bonds is 3. The molecular formula is C4H9N3O. The van der Waals surface area contributed by atoms with Crippen LogP contribution in [0.15, 0.2) is 10.3 Å². The largest absolute Gasteiger partial charge is 0.277 e. The van der Waals surface area contributed by atoms with E-state index in [0.717, 1.165) is 5.01 Å². The zero-order valence-corrected chi connectivity index (χ0v) is 5.03. The summed E-state index contributed by atoms with van der Waals surface area (Å²) in [5, 5.41) is 8.13. The highest BCUT2D eigenvalue weighted by Gasteiger charge is 1.80. The molecule has 1 amide bonds. The molecule has 0 radical (unpaired) electrons. The lowest BCUT2D eigenvalue weighted by atomic mass is 10.8. The Labute approximate surface area is 48.2 Å². The van der Waals surface area contributed by atoms with Gasteiger partial charge in [-0.05, 0) is 6.92 Å². The van der Waals surface area contributed by atoms with Crippen LogP contribution in [0.1, 0.15) is 6.92 Å². The fourth-order valence-corrected chi connectivity index (χ4v) is 0.184. The summed E-state index contributed by atoms with van der Waals surface area (Å²) in [5.41, 5.74) is 0. The molecule has 0 unspecified atom stereocenters.